The zero-order valence-electron chi connectivity index (χ0n) is 25.3. The number of hydrogen-bond donors (Lipinski definition) is 0. The molecule has 2 aliphatic rings. The molecule has 0 radical (unpaired) electrons. The minimum atomic E-state index is -2.81. The van der Waals surface area contributed by atoms with E-state index in [2.05, 4.69) is 163 Å². The highest BCUT2D eigenvalue weighted by Gasteiger charge is 2.52. The summed E-state index contributed by atoms with van der Waals surface area (Å²) in [6, 6.07) is 58.9. The zero-order chi connectivity index (χ0) is 31.0. The van der Waals surface area contributed by atoms with E-state index in [4.69, 9.17) is 9.15 Å². The fraction of sp³-hybridized carbons (Fsp3) is 0. The van der Waals surface area contributed by atoms with E-state index in [9.17, 15) is 0 Å². The van der Waals surface area contributed by atoms with Crippen molar-refractivity contribution < 1.29 is 9.15 Å². The molecular weight excluding hydrogens is 611 g/mol. The molecule has 2 aliphatic heterocycles. The number of anilines is 3. The fourth-order valence-corrected chi connectivity index (χ4v) is 14.8. The van der Waals surface area contributed by atoms with Crippen molar-refractivity contribution in [2.75, 3.05) is 4.90 Å². The average molecular weight is 638 g/mol. The third kappa shape index (κ3) is 3.81. The largest absolute Gasteiger partial charge is 0.458 e. The van der Waals surface area contributed by atoms with Gasteiger partial charge in [-0.3, -0.25) is 0 Å². The van der Waals surface area contributed by atoms with Gasteiger partial charge < -0.3 is 14.1 Å². The first-order valence-corrected chi connectivity index (χ1v) is 18.7. The quantitative estimate of drug-likeness (QED) is 0.181. The molecule has 3 nitrogen and oxygen atoms in total. The van der Waals surface area contributed by atoms with Crippen LogP contribution < -0.4 is 30.4 Å². The number of nitrogens with zero attached hydrogens (tertiary/aromatic N) is 1. The predicted octanol–water partition coefficient (Wildman–Crippen LogP) is 9.00. The van der Waals surface area contributed by atoms with E-state index in [1.165, 1.54) is 30.5 Å². The maximum absolute atomic E-state index is 6.64. The van der Waals surface area contributed by atoms with Crippen molar-refractivity contribution in [1.82, 2.24) is 0 Å². The summed E-state index contributed by atoms with van der Waals surface area (Å²) in [6.07, 6.45) is 0. The van der Waals surface area contributed by atoms with Gasteiger partial charge in [-0.15, -0.1) is 0 Å². The maximum Gasteiger partial charge on any atom is 0.190 e. The van der Waals surface area contributed by atoms with E-state index in [-0.39, 0.29) is 0 Å². The molecule has 1 aromatic heterocycles. The molecule has 47 heavy (non-hydrogen) atoms. The molecule has 3 heterocycles. The van der Waals surface area contributed by atoms with Crippen molar-refractivity contribution in [2.45, 2.75) is 9.79 Å². The minimum absolute atomic E-state index is 0.880. The lowest BCUT2D eigenvalue weighted by atomic mass is 10.1. The summed E-state index contributed by atoms with van der Waals surface area (Å²) >= 11 is 1.88. The van der Waals surface area contributed by atoms with Gasteiger partial charge in [0, 0.05) is 26.6 Å². The van der Waals surface area contributed by atoms with Crippen LogP contribution in [0.4, 0.5) is 17.1 Å². The maximum atomic E-state index is 6.64. The molecule has 0 saturated carbocycles. The van der Waals surface area contributed by atoms with Crippen LogP contribution in [-0.4, -0.2) is 8.07 Å². The smallest absolute Gasteiger partial charge is 0.190 e. The van der Waals surface area contributed by atoms with E-state index in [0.29, 0.717) is 0 Å². The van der Waals surface area contributed by atoms with Gasteiger partial charge in [-0.05, 0) is 87.5 Å². The third-order valence-corrected chi connectivity index (χ3v) is 16.0. The third-order valence-electron chi connectivity index (χ3n) is 9.57. The Morgan fingerprint density at radius 1 is 0.468 bits per heavy atom. The lowest BCUT2D eigenvalue weighted by Gasteiger charge is -2.43. The second kappa shape index (κ2) is 10.3. The van der Waals surface area contributed by atoms with Gasteiger partial charge in [0.25, 0.3) is 0 Å². The molecule has 0 fully saturated rings. The van der Waals surface area contributed by atoms with Crippen LogP contribution in [0.5, 0.6) is 11.5 Å². The van der Waals surface area contributed by atoms with Gasteiger partial charge in [0.05, 0.1) is 11.1 Å². The molecule has 8 aromatic rings. The summed E-state index contributed by atoms with van der Waals surface area (Å²) in [5.41, 5.74) is 5.07. The lowest BCUT2D eigenvalue weighted by molar-refractivity contribution is 0.487. The van der Waals surface area contributed by atoms with Crippen molar-refractivity contribution in [1.29, 1.82) is 0 Å². The second-order valence-electron chi connectivity index (χ2n) is 12.0. The number of furan rings is 1. The van der Waals surface area contributed by atoms with Crippen LogP contribution in [0.1, 0.15) is 0 Å². The highest BCUT2D eigenvalue weighted by molar-refractivity contribution is 8.00. The topological polar surface area (TPSA) is 25.6 Å². The number of benzene rings is 7. The Kier molecular flexibility index (Phi) is 5.83. The average Bonchev–Trinajstić information content (AvgIpc) is 3.52. The van der Waals surface area contributed by atoms with Gasteiger partial charge in [0.2, 0.25) is 0 Å². The lowest BCUT2D eigenvalue weighted by Crippen LogP contribution is -2.77. The van der Waals surface area contributed by atoms with E-state index in [1.807, 2.05) is 17.8 Å². The normalized spacial score (nSPS) is 13.8. The number of rotatable bonds is 3. The van der Waals surface area contributed by atoms with Crippen LogP contribution in [0.3, 0.4) is 0 Å². The molecule has 0 aliphatic carbocycles. The highest BCUT2D eigenvalue weighted by Crippen LogP contribution is 2.44. The molecule has 5 heteroatoms. The molecule has 0 N–H and O–H groups in total. The van der Waals surface area contributed by atoms with Gasteiger partial charge in [-0.1, -0.05) is 109 Å². The summed E-state index contributed by atoms with van der Waals surface area (Å²) in [4.78, 5) is 5.01. The highest BCUT2D eigenvalue weighted by atomic mass is 32.2. The fourth-order valence-electron chi connectivity index (χ4n) is 7.69. The first-order chi connectivity index (χ1) is 23.3. The number of ether oxygens (including phenoxy) is 1. The van der Waals surface area contributed by atoms with Crippen molar-refractivity contribution in [3.63, 3.8) is 0 Å². The number of fused-ring (bicyclic) bond motifs is 11. The Bertz CT molecular complexity index is 2400. The Morgan fingerprint density at radius 2 is 1.11 bits per heavy atom. The van der Waals surface area contributed by atoms with Crippen molar-refractivity contribution in [3.05, 3.63) is 164 Å². The van der Waals surface area contributed by atoms with Gasteiger partial charge in [-0.2, -0.15) is 0 Å². The van der Waals surface area contributed by atoms with E-state index < -0.39 is 8.07 Å². The second-order valence-corrected chi connectivity index (χ2v) is 16.8. The van der Waals surface area contributed by atoms with E-state index >= 15 is 0 Å². The minimum Gasteiger partial charge on any atom is -0.458 e. The molecule has 0 atom stereocenters. The van der Waals surface area contributed by atoms with Crippen molar-refractivity contribution in [2.24, 2.45) is 0 Å². The summed E-state index contributed by atoms with van der Waals surface area (Å²) in [7, 11) is -2.81. The molecule has 0 amide bonds. The van der Waals surface area contributed by atoms with Gasteiger partial charge >= 0.3 is 0 Å². The monoisotopic (exact) mass is 637 g/mol. The first-order valence-electron chi connectivity index (χ1n) is 15.8. The van der Waals surface area contributed by atoms with Crippen LogP contribution in [0.25, 0.3) is 21.9 Å². The SMILES string of the molecule is c1ccc(N(c2ccc3c(c2)[Si]2(c4ccccc4Oc4ccccc42)c2ccccc2S3)c2cccc3oc4ccccc4c23)cc1. The van der Waals surface area contributed by atoms with Gasteiger partial charge in [-0.25, -0.2) is 0 Å². The van der Waals surface area contributed by atoms with Crippen molar-refractivity contribution >= 4 is 79.6 Å². The van der Waals surface area contributed by atoms with Crippen LogP contribution in [0.15, 0.2) is 178 Å². The molecule has 7 aromatic carbocycles. The molecule has 0 bridgehead atoms. The molecule has 222 valence electrons. The molecule has 0 saturated heterocycles. The Labute approximate surface area is 277 Å². The van der Waals surface area contributed by atoms with Crippen LogP contribution >= 0.6 is 11.8 Å². The van der Waals surface area contributed by atoms with Crippen LogP contribution in [-0.2, 0) is 0 Å². The number of hydrogen-bond acceptors (Lipinski definition) is 4. The number of para-hydroxylation sites is 4. The molecule has 10 rings (SSSR count). The van der Waals surface area contributed by atoms with Gasteiger partial charge in [0.15, 0.2) is 8.07 Å². The Morgan fingerprint density at radius 3 is 1.91 bits per heavy atom. The van der Waals surface area contributed by atoms with Crippen molar-refractivity contribution in [3.8, 4) is 11.5 Å². The Hall–Kier alpha value is -5.49. The van der Waals surface area contributed by atoms with Gasteiger partial charge in [0.1, 0.15) is 22.7 Å². The summed E-state index contributed by atoms with van der Waals surface area (Å²) in [5, 5.41) is 7.59. The molecule has 0 unspecified atom stereocenters. The van der Waals surface area contributed by atoms with E-state index in [0.717, 1.165) is 50.5 Å². The summed E-state index contributed by atoms with van der Waals surface area (Å²) in [5.74, 6) is 1.90. The molecule has 1 spiro atoms. The summed E-state index contributed by atoms with van der Waals surface area (Å²) in [6.45, 7) is 0. The predicted molar refractivity (Wildman–Crippen MR) is 196 cm³/mol. The standard InChI is InChI=1S/C42H27NO2SSi/c1-2-13-28(14-3-1)43(31-16-12-20-35-42(31)30-15-4-5-17-32(30)44-35)29-25-26-37-41(27-29)47(40-24-11-8-21-36(40)46-37)38-22-9-6-18-33(38)45-34-19-7-10-23-39(34)47/h1-27H. The Balaban J connectivity index is 1.30. The first kappa shape index (κ1) is 26.7. The summed E-state index contributed by atoms with van der Waals surface area (Å²) < 4.78 is 13.0. The zero-order valence-corrected chi connectivity index (χ0v) is 27.1. The molecular formula is C42H27NO2SSi. The van der Waals surface area contributed by atoms with E-state index in [1.54, 1.807) is 0 Å². The van der Waals surface area contributed by atoms with Crippen LogP contribution in [0, 0.1) is 0 Å². The van der Waals surface area contributed by atoms with Crippen LogP contribution in [0.2, 0.25) is 0 Å².